The van der Waals surface area contributed by atoms with Gasteiger partial charge in [-0.25, -0.2) is 13.0 Å². The predicted molar refractivity (Wildman–Crippen MR) is 278 cm³/mol. The normalized spacial score (nSPS) is 9.30. The van der Waals surface area contributed by atoms with Gasteiger partial charge in [0.1, 0.15) is 21.9 Å². The summed E-state index contributed by atoms with van der Waals surface area (Å²) in [7, 11) is -9.32. The fourth-order valence-corrected chi connectivity index (χ4v) is 0. The summed E-state index contributed by atoms with van der Waals surface area (Å²) in [5, 5.41) is 7.42. The van der Waals surface area contributed by atoms with E-state index in [1.165, 1.54) is 48.3 Å². The second kappa shape index (κ2) is 66.5. The van der Waals surface area contributed by atoms with Crippen molar-refractivity contribution in [1.82, 2.24) is 0 Å². The molecule has 0 bridgehead atoms. The highest BCUT2D eigenvalue weighted by Gasteiger charge is 2.09. The zero-order valence-electron chi connectivity index (χ0n) is 42.2. The Morgan fingerprint density at radius 1 is 0.717 bits per heavy atom. The SMILES string of the molecule is CC.CC(=O)O.CC(=S)S.CC(C)=O.CC=O.CN.COP(=O)(O)O.COP(C)(C)=O.CO[Si](C)(C)C.CP(C)(=O)O.CP(C)(C)=O.CS.CS(C)(=O)=O.C[Si](C)(C)C.[Cl-]. The fourth-order valence-electron chi connectivity index (χ4n) is 0. The van der Waals surface area contributed by atoms with Gasteiger partial charge in [-0.05, 0) is 80.6 Å². The number of carbonyl (C=O) groups is 3. The average Bonchev–Trinajstić information content (AvgIpc) is 2.92. The molecule has 0 aromatic heterocycles. The molecule has 6 N–H and O–H groups in total. The molecule has 0 aliphatic carbocycles. The van der Waals surface area contributed by atoms with Crippen LogP contribution in [0.15, 0.2) is 0 Å². The van der Waals surface area contributed by atoms with Crippen molar-refractivity contribution in [2.75, 3.05) is 93.8 Å². The fraction of sp³-hybridized carbons (Fsp3) is 0.875. The molecule has 0 aromatic carbocycles. The first-order chi connectivity index (χ1) is 25.3. The molecule has 0 spiro atoms. The number of thiol groups is 2. The Balaban J connectivity index is -0.0000000283. The van der Waals surface area contributed by atoms with E-state index in [1.807, 2.05) is 13.8 Å². The lowest BCUT2D eigenvalue weighted by molar-refractivity contribution is -0.134. The van der Waals surface area contributed by atoms with Crippen LogP contribution in [0.25, 0.3) is 0 Å². The molecule has 0 atom stereocenters. The topological polar surface area (TPSA) is 288 Å². The first kappa shape index (κ1) is 104. The third kappa shape index (κ3) is 2010. The minimum Gasteiger partial charge on any atom is -1.00 e. The second-order valence-electron chi connectivity index (χ2n) is 13.9. The third-order valence-electron chi connectivity index (χ3n) is 1.29. The molecule has 0 saturated heterocycles. The van der Waals surface area contributed by atoms with Gasteiger partial charge in [-0.2, -0.15) is 12.6 Å². The minimum atomic E-state index is -4.15. The molecule has 17 nitrogen and oxygen atoms in total. The van der Waals surface area contributed by atoms with Crippen LogP contribution >= 0.6 is 67.2 Å². The second-order valence-corrected chi connectivity index (χ2v) is 39.0. The number of phosphoric acid groups is 1. The van der Waals surface area contributed by atoms with Gasteiger partial charge in [-0.15, -0.1) is 12.6 Å². The zero-order valence-corrected chi connectivity index (χ0v) is 52.0. The van der Waals surface area contributed by atoms with Crippen molar-refractivity contribution in [2.24, 2.45) is 5.73 Å². The van der Waals surface area contributed by atoms with Gasteiger partial charge >= 0.3 is 7.82 Å². The molecule has 0 saturated carbocycles. The van der Waals surface area contributed by atoms with E-state index in [9.17, 15) is 31.5 Å². The largest absolute Gasteiger partial charge is 1.00 e. The number of phosphoric ester groups is 1. The number of Topliss-reactive ketones (excluding diaryl/α,β-unsaturated/α-hetero) is 1. The number of ketones is 1. The van der Waals surface area contributed by atoms with E-state index < -0.39 is 61.9 Å². The Morgan fingerprint density at radius 3 is 0.767 bits per heavy atom. The molecule has 0 radical (unpaired) electrons. The third-order valence-corrected chi connectivity index (χ3v) is 3.87. The van der Waals surface area contributed by atoms with Crippen LogP contribution in [0.4, 0.5) is 0 Å². The van der Waals surface area contributed by atoms with Crippen LogP contribution in [0.3, 0.4) is 0 Å². The van der Waals surface area contributed by atoms with Gasteiger partial charge in [0.15, 0.2) is 23.1 Å². The number of nitrogens with two attached hydrogens (primary N) is 1. The Labute approximate surface area is 393 Å². The summed E-state index contributed by atoms with van der Waals surface area (Å²) in [6.45, 7) is 38.1. The summed E-state index contributed by atoms with van der Waals surface area (Å²) < 4.78 is 73.0. The van der Waals surface area contributed by atoms with Crippen LogP contribution in [0, 0.1) is 0 Å². The number of carboxylic acids is 1. The number of halogens is 1. The number of carboxylic acid groups (broad SMARTS) is 1. The molecule has 28 heteroatoms. The zero-order chi connectivity index (χ0) is 53.1. The summed E-state index contributed by atoms with van der Waals surface area (Å²) in [6.07, 6.45) is 4.76. The van der Waals surface area contributed by atoms with Crippen molar-refractivity contribution in [3.8, 4) is 0 Å². The van der Waals surface area contributed by atoms with Crippen LogP contribution in [-0.4, -0.2) is 161 Å². The molecular weight excluding hydrogens is 998 g/mol. The van der Waals surface area contributed by atoms with Gasteiger partial charge in [0.2, 0.25) is 0 Å². The number of sulfone groups is 1. The summed E-state index contributed by atoms with van der Waals surface area (Å²) in [4.78, 5) is 50.8. The number of thiocarbonyl (C=S) groups is 1. The molecule has 0 aromatic rings. The Hall–Kier alpha value is 0.914. The maximum absolute atomic E-state index is 10.4. The highest BCUT2D eigenvalue weighted by Crippen LogP contribution is 2.35. The van der Waals surface area contributed by atoms with E-state index in [1.54, 1.807) is 53.6 Å². The molecule has 0 fully saturated rings. The lowest BCUT2D eigenvalue weighted by atomic mass is 10.6. The maximum atomic E-state index is 10.4. The Kier molecular flexibility index (Phi) is 115. The predicted octanol–water partition coefficient (Wildman–Crippen LogP) is 6.04. The van der Waals surface area contributed by atoms with Crippen molar-refractivity contribution in [3.05, 3.63) is 0 Å². The van der Waals surface area contributed by atoms with Crippen molar-refractivity contribution in [2.45, 2.75) is 94.3 Å². The number of hydrogen-bond donors (Lipinski definition) is 7. The summed E-state index contributed by atoms with van der Waals surface area (Å²) >= 11 is 11.6. The van der Waals surface area contributed by atoms with E-state index in [2.05, 4.69) is 98.1 Å². The molecule has 60 heavy (non-hydrogen) atoms. The first-order valence-corrected chi connectivity index (χ1v) is 37.9. The van der Waals surface area contributed by atoms with Crippen molar-refractivity contribution >= 4 is 116 Å². The maximum Gasteiger partial charge on any atom is 0.469 e. The molecular formula is C32H93ClNO16P4S4Si2-. The highest BCUT2D eigenvalue weighted by molar-refractivity contribution is 8.11. The first-order valence-electron chi connectivity index (χ1n) is 16.8. The summed E-state index contributed by atoms with van der Waals surface area (Å²) in [6, 6.07) is 0. The standard InChI is InChI=1S/C4H12OSi.C4H12Si.C3H9O2P.C3H9OP.C3H6O.C2H7O2P.C2H6O2S.C2H4O2.C2H4O.C2H4S2.C2H6.CH5N.CH5O4P.CH4S.ClH/c1-5-6(2,3)4;1-5(2,3)4;1-5-6(2,3)4;1-5(2,3)4;1-3(2)4;2*1-5(2,3)4;1-2(3)4;1-2-3;1-2(3)4;2*1-2;1-5-6(2,3)4;1-2;/h1-4H3;1-4H3;1-3H3;1-3H3;1-2H3;1-2H3,(H,3,4);1-2H3;1H3,(H,3,4);2H,1H3;1H3,(H,3,4);1-2H3;2H2,1H3;1H3,(H2,2,3,4);2H,1H3;1H/p-1. The van der Waals surface area contributed by atoms with Crippen LogP contribution in [0.2, 0.25) is 45.8 Å². The van der Waals surface area contributed by atoms with E-state index in [4.69, 9.17) is 33.8 Å². The van der Waals surface area contributed by atoms with Crippen LogP contribution < -0.4 is 18.1 Å². The van der Waals surface area contributed by atoms with Gasteiger partial charge in [-0.3, -0.25) is 18.4 Å². The highest BCUT2D eigenvalue weighted by atomic mass is 35.5. The molecule has 0 amide bonds. The lowest BCUT2D eigenvalue weighted by Crippen LogP contribution is -3.00. The van der Waals surface area contributed by atoms with Gasteiger partial charge in [0, 0.05) is 79.7 Å². The van der Waals surface area contributed by atoms with Gasteiger partial charge < -0.3 is 61.0 Å². The number of rotatable bonds is 3. The summed E-state index contributed by atoms with van der Waals surface area (Å²) in [5.74, 6) is -0.667. The minimum absolute atomic E-state index is 0. The molecule has 0 heterocycles. The summed E-state index contributed by atoms with van der Waals surface area (Å²) in [5.41, 5.74) is 4.50. The number of hydrogen-bond acceptors (Lipinski definition) is 15. The van der Waals surface area contributed by atoms with E-state index in [-0.39, 0.29) is 18.2 Å². The van der Waals surface area contributed by atoms with Gasteiger partial charge in [-0.1, -0.05) is 52.3 Å². The lowest BCUT2D eigenvalue weighted by Gasteiger charge is -2.10. The monoisotopic (exact) mass is 1090 g/mol. The van der Waals surface area contributed by atoms with Crippen LogP contribution in [0.5, 0.6) is 0 Å². The number of carbonyl (C=O) groups excluding carboxylic acids is 2. The molecule has 0 rings (SSSR count). The van der Waals surface area contributed by atoms with Gasteiger partial charge in [0.25, 0.3) is 5.97 Å². The van der Waals surface area contributed by atoms with E-state index >= 15 is 0 Å². The smallest absolute Gasteiger partial charge is 0.469 e. The quantitative estimate of drug-likeness (QED) is 0.0557. The Bertz CT molecular complexity index is 1080. The van der Waals surface area contributed by atoms with E-state index in [0.717, 1.165) is 32.8 Å². The van der Waals surface area contributed by atoms with Crippen molar-refractivity contribution < 1.29 is 86.7 Å². The number of aldehydes is 1. The van der Waals surface area contributed by atoms with Crippen LogP contribution in [-0.2, 0) is 56.0 Å². The van der Waals surface area contributed by atoms with Crippen LogP contribution in [0.1, 0.15) is 48.5 Å². The van der Waals surface area contributed by atoms with Crippen molar-refractivity contribution in [3.63, 3.8) is 0 Å². The van der Waals surface area contributed by atoms with E-state index in [0.29, 0.717) is 4.20 Å². The molecule has 0 aliphatic heterocycles. The van der Waals surface area contributed by atoms with Crippen molar-refractivity contribution in [1.29, 1.82) is 0 Å². The number of aliphatic carboxylic acids is 1. The molecule has 0 unspecified atom stereocenters. The molecule has 382 valence electrons. The average molecular weight is 1090 g/mol. The van der Waals surface area contributed by atoms with Gasteiger partial charge in [0.05, 0.1) is 7.14 Å². The Morgan fingerprint density at radius 2 is 0.767 bits per heavy atom. The molecule has 0 aliphatic rings.